The molecule has 0 N–H and O–H groups in total. The van der Waals surface area contributed by atoms with Crippen LogP contribution in [0.3, 0.4) is 0 Å². The quantitative estimate of drug-likeness (QED) is 0.449. The smallest absolute Gasteiger partial charge is 0.107 e. The van der Waals surface area contributed by atoms with E-state index in [1.54, 1.807) is 0 Å². The molecule has 0 fully saturated rings. The van der Waals surface area contributed by atoms with Gasteiger partial charge in [0.05, 0.1) is 0 Å². The fourth-order valence-electron chi connectivity index (χ4n) is 0.908. The van der Waals surface area contributed by atoms with Crippen molar-refractivity contribution in [1.82, 2.24) is 0 Å². The first-order valence-corrected chi connectivity index (χ1v) is 3.61. The summed E-state index contributed by atoms with van der Waals surface area (Å²) >= 11 is 5.79. The summed E-state index contributed by atoms with van der Waals surface area (Å²) in [5, 5.41) is 0.980. The summed E-state index contributed by atoms with van der Waals surface area (Å²) in [6, 6.07) is 0. The minimum Gasteiger partial charge on any atom is -0.107 e. The van der Waals surface area contributed by atoms with E-state index in [1.165, 1.54) is 5.47 Å². The molecule has 0 aromatic rings. The molecule has 0 saturated heterocycles. The summed E-state index contributed by atoms with van der Waals surface area (Å²) in [7, 11) is 2.14. The molecule has 48 valence electrons. The minimum absolute atomic E-state index is 0.641. The van der Waals surface area contributed by atoms with E-state index in [0.29, 0.717) is 5.92 Å². The number of hydrogen-bond acceptors (Lipinski definition) is 0. The van der Waals surface area contributed by atoms with Crippen LogP contribution in [0.1, 0.15) is 13.3 Å². The minimum atomic E-state index is 0.641. The van der Waals surface area contributed by atoms with Crippen molar-refractivity contribution < 1.29 is 0 Å². The molecule has 1 aliphatic rings. The molecule has 9 heavy (non-hydrogen) atoms. The van der Waals surface area contributed by atoms with Gasteiger partial charge in [-0.1, -0.05) is 24.6 Å². The molecular weight excluding hydrogens is 130 g/mol. The molecular formula is C7H10BCl. The standard InChI is InChI=1S/C7H10BCl/c1-5-4-6(9)2-3-7(5)8/h2-3,5H,4,8H2,1H3. The Labute approximate surface area is 62.0 Å². The van der Waals surface area contributed by atoms with Crippen molar-refractivity contribution in [2.45, 2.75) is 13.3 Å². The van der Waals surface area contributed by atoms with E-state index in [0.717, 1.165) is 11.5 Å². The molecule has 1 unspecified atom stereocenters. The largest absolute Gasteiger partial charge is 0.134 e. The molecule has 0 aliphatic heterocycles. The maximum absolute atomic E-state index is 5.79. The Morgan fingerprint density at radius 3 is 2.78 bits per heavy atom. The predicted octanol–water partition coefficient (Wildman–Crippen LogP) is 1.67. The lowest BCUT2D eigenvalue weighted by molar-refractivity contribution is 0.713. The zero-order chi connectivity index (χ0) is 6.85. The molecule has 2 heteroatoms. The van der Waals surface area contributed by atoms with Gasteiger partial charge in [0.25, 0.3) is 0 Å². The summed E-state index contributed by atoms with van der Waals surface area (Å²) in [6.07, 6.45) is 5.09. The van der Waals surface area contributed by atoms with Crippen molar-refractivity contribution in [3.8, 4) is 0 Å². The van der Waals surface area contributed by atoms with Crippen molar-refractivity contribution in [2.75, 3.05) is 0 Å². The first-order valence-electron chi connectivity index (χ1n) is 3.23. The highest BCUT2D eigenvalue weighted by atomic mass is 35.5. The van der Waals surface area contributed by atoms with Gasteiger partial charge in [-0.2, -0.15) is 0 Å². The van der Waals surface area contributed by atoms with Crippen LogP contribution in [0.15, 0.2) is 22.7 Å². The molecule has 0 heterocycles. The van der Waals surface area contributed by atoms with E-state index < -0.39 is 0 Å². The lowest BCUT2D eigenvalue weighted by Gasteiger charge is -2.14. The van der Waals surface area contributed by atoms with E-state index in [4.69, 9.17) is 11.6 Å². The molecule has 0 aromatic heterocycles. The molecule has 0 spiro atoms. The molecule has 0 bridgehead atoms. The van der Waals surface area contributed by atoms with Gasteiger partial charge in [0, 0.05) is 5.03 Å². The Bertz CT molecular complexity index is 170. The van der Waals surface area contributed by atoms with Gasteiger partial charge in [-0.3, -0.25) is 0 Å². The van der Waals surface area contributed by atoms with Gasteiger partial charge < -0.3 is 0 Å². The van der Waals surface area contributed by atoms with Crippen LogP contribution in [0.2, 0.25) is 0 Å². The summed E-state index contributed by atoms with van der Waals surface area (Å²) < 4.78 is 0. The maximum atomic E-state index is 5.79. The molecule has 0 radical (unpaired) electrons. The van der Waals surface area contributed by atoms with E-state index in [9.17, 15) is 0 Å². The lowest BCUT2D eigenvalue weighted by atomic mass is 9.80. The Morgan fingerprint density at radius 1 is 1.67 bits per heavy atom. The van der Waals surface area contributed by atoms with Crippen molar-refractivity contribution >= 4 is 19.4 Å². The van der Waals surface area contributed by atoms with Gasteiger partial charge in [-0.15, -0.1) is 5.47 Å². The number of halogens is 1. The van der Waals surface area contributed by atoms with Gasteiger partial charge >= 0.3 is 0 Å². The van der Waals surface area contributed by atoms with Crippen molar-refractivity contribution in [3.05, 3.63) is 22.7 Å². The van der Waals surface area contributed by atoms with E-state index in [2.05, 4.69) is 20.8 Å². The van der Waals surface area contributed by atoms with E-state index in [1.807, 2.05) is 6.08 Å². The summed E-state index contributed by atoms with van der Waals surface area (Å²) in [4.78, 5) is 0. The summed E-state index contributed by atoms with van der Waals surface area (Å²) in [5.74, 6) is 0.641. The van der Waals surface area contributed by atoms with Crippen LogP contribution in [-0.2, 0) is 0 Å². The molecule has 0 saturated carbocycles. The molecule has 0 amide bonds. The predicted molar refractivity (Wildman–Crippen MR) is 44.3 cm³/mol. The van der Waals surface area contributed by atoms with E-state index >= 15 is 0 Å². The summed E-state index contributed by atoms with van der Waals surface area (Å²) in [5.41, 5.74) is 1.43. The first kappa shape index (κ1) is 6.95. The summed E-state index contributed by atoms with van der Waals surface area (Å²) in [6.45, 7) is 2.20. The second kappa shape index (κ2) is 2.61. The van der Waals surface area contributed by atoms with Gasteiger partial charge in [-0.25, -0.2) is 0 Å². The van der Waals surface area contributed by atoms with Gasteiger partial charge in [-0.05, 0) is 18.4 Å². The third-order valence-electron chi connectivity index (χ3n) is 1.81. The highest BCUT2D eigenvalue weighted by Crippen LogP contribution is 2.24. The maximum Gasteiger partial charge on any atom is 0.134 e. The highest BCUT2D eigenvalue weighted by Gasteiger charge is 2.08. The van der Waals surface area contributed by atoms with Crippen LogP contribution in [0.4, 0.5) is 0 Å². The van der Waals surface area contributed by atoms with Crippen molar-refractivity contribution in [2.24, 2.45) is 5.92 Å². The normalized spacial score (nSPS) is 27.1. The molecule has 0 nitrogen and oxygen atoms in total. The van der Waals surface area contributed by atoms with Crippen LogP contribution in [-0.4, -0.2) is 7.85 Å². The molecule has 1 aliphatic carbocycles. The fourth-order valence-corrected chi connectivity index (χ4v) is 1.20. The topological polar surface area (TPSA) is 0 Å². The molecule has 0 aromatic carbocycles. The Kier molecular flexibility index (Phi) is 2.02. The monoisotopic (exact) mass is 140 g/mol. The Balaban J connectivity index is 2.74. The van der Waals surface area contributed by atoms with Gasteiger partial charge in [0.1, 0.15) is 7.85 Å². The number of allylic oxidation sites excluding steroid dienone is 4. The Morgan fingerprint density at radius 2 is 2.33 bits per heavy atom. The average molecular weight is 140 g/mol. The van der Waals surface area contributed by atoms with Crippen LogP contribution >= 0.6 is 11.6 Å². The average Bonchev–Trinajstić information content (AvgIpc) is 1.80. The third kappa shape index (κ3) is 1.62. The Hall–Kier alpha value is -0.165. The van der Waals surface area contributed by atoms with Gasteiger partial charge in [0.15, 0.2) is 0 Å². The second-order valence-corrected chi connectivity index (χ2v) is 3.11. The third-order valence-corrected chi connectivity index (χ3v) is 2.09. The highest BCUT2D eigenvalue weighted by molar-refractivity contribution is 6.30. The van der Waals surface area contributed by atoms with Gasteiger partial charge in [0.2, 0.25) is 0 Å². The van der Waals surface area contributed by atoms with E-state index in [-0.39, 0.29) is 0 Å². The lowest BCUT2D eigenvalue weighted by Crippen LogP contribution is -2.02. The van der Waals surface area contributed by atoms with Crippen molar-refractivity contribution in [1.29, 1.82) is 0 Å². The van der Waals surface area contributed by atoms with Crippen molar-refractivity contribution in [3.63, 3.8) is 0 Å². The fraction of sp³-hybridized carbons (Fsp3) is 0.429. The van der Waals surface area contributed by atoms with Crippen LogP contribution in [0.5, 0.6) is 0 Å². The molecule has 1 rings (SSSR count). The van der Waals surface area contributed by atoms with Crippen LogP contribution < -0.4 is 0 Å². The zero-order valence-electron chi connectivity index (χ0n) is 5.82. The van der Waals surface area contributed by atoms with Crippen LogP contribution in [0.25, 0.3) is 0 Å². The van der Waals surface area contributed by atoms with Crippen LogP contribution in [0, 0.1) is 5.92 Å². The first-order chi connectivity index (χ1) is 4.20. The molecule has 1 atom stereocenters. The number of rotatable bonds is 0. The second-order valence-electron chi connectivity index (χ2n) is 2.63. The SMILES string of the molecule is BC1=CC=C(Cl)CC1C. The zero-order valence-corrected chi connectivity index (χ0v) is 6.57. The number of hydrogen-bond donors (Lipinski definition) is 0.